The minimum atomic E-state index is -0.175. The van der Waals surface area contributed by atoms with E-state index in [1.54, 1.807) is 32.1 Å². The summed E-state index contributed by atoms with van der Waals surface area (Å²) >= 11 is 0. The number of aromatic nitrogens is 2. The van der Waals surface area contributed by atoms with Crippen LogP contribution in [0.1, 0.15) is 18.2 Å². The minimum Gasteiger partial charge on any atom is -0.493 e. The van der Waals surface area contributed by atoms with Crippen molar-refractivity contribution in [2.24, 2.45) is 5.10 Å². The van der Waals surface area contributed by atoms with Gasteiger partial charge in [0.1, 0.15) is 0 Å². The number of para-hydroxylation sites is 1. The number of hydrazone groups is 1. The van der Waals surface area contributed by atoms with Gasteiger partial charge in [0.25, 0.3) is 5.91 Å². The van der Waals surface area contributed by atoms with Crippen LogP contribution in [0.5, 0.6) is 5.88 Å². The summed E-state index contributed by atoms with van der Waals surface area (Å²) in [7, 11) is 0. The van der Waals surface area contributed by atoms with Crippen molar-refractivity contribution in [1.29, 1.82) is 0 Å². The van der Waals surface area contributed by atoms with Gasteiger partial charge in [0.05, 0.1) is 28.2 Å². The summed E-state index contributed by atoms with van der Waals surface area (Å²) in [6.45, 7) is 3.58. The highest BCUT2D eigenvalue weighted by molar-refractivity contribution is 6.29. The molecule has 2 N–H and O–H groups in total. The van der Waals surface area contributed by atoms with Crippen LogP contribution in [-0.2, 0) is 4.79 Å². The van der Waals surface area contributed by atoms with Gasteiger partial charge in [-0.2, -0.15) is 15.2 Å². The molecular formula is C17H16N4O2. The number of aryl methyl sites for hydroxylation is 1. The third-order valence-electron chi connectivity index (χ3n) is 3.56. The van der Waals surface area contributed by atoms with Crippen LogP contribution in [0.4, 0.5) is 5.69 Å². The molecule has 0 saturated heterocycles. The first-order valence-electron chi connectivity index (χ1n) is 7.15. The molecule has 1 aliphatic heterocycles. The number of carbonyl (C=O) groups is 1. The number of benzene rings is 1. The van der Waals surface area contributed by atoms with Crippen LogP contribution in [0.25, 0.3) is 6.08 Å². The maximum atomic E-state index is 12.5. The van der Waals surface area contributed by atoms with Crippen molar-refractivity contribution in [1.82, 2.24) is 10.2 Å². The Bertz CT molecular complexity index is 812. The highest BCUT2D eigenvalue weighted by Gasteiger charge is 2.27. The van der Waals surface area contributed by atoms with E-state index in [0.717, 1.165) is 5.69 Å². The number of nitrogens with zero attached hydrogens (tertiary/aromatic N) is 3. The second-order valence-corrected chi connectivity index (χ2v) is 5.15. The molecule has 0 bridgehead atoms. The molecule has 0 radical (unpaired) electrons. The largest absolute Gasteiger partial charge is 0.493 e. The quantitative estimate of drug-likeness (QED) is 0.855. The molecule has 3 rings (SSSR count). The lowest BCUT2D eigenvalue weighted by Crippen LogP contribution is -2.21. The van der Waals surface area contributed by atoms with Crippen LogP contribution in [0.2, 0.25) is 0 Å². The molecule has 1 aliphatic rings. The molecule has 1 aromatic carbocycles. The number of nitrogens with one attached hydrogen (secondary N) is 1. The first-order valence-corrected chi connectivity index (χ1v) is 7.15. The van der Waals surface area contributed by atoms with Gasteiger partial charge in [0, 0.05) is 0 Å². The lowest BCUT2D eigenvalue weighted by Gasteiger charge is -2.10. The van der Waals surface area contributed by atoms with Gasteiger partial charge in [-0.1, -0.05) is 24.3 Å². The number of carbonyl (C=O) groups excluding carboxylic acids is 1. The van der Waals surface area contributed by atoms with E-state index in [1.807, 2.05) is 30.3 Å². The highest BCUT2D eigenvalue weighted by Crippen LogP contribution is 2.23. The molecule has 0 unspecified atom stereocenters. The molecule has 0 fully saturated rings. The van der Waals surface area contributed by atoms with Gasteiger partial charge in [-0.3, -0.25) is 4.79 Å². The lowest BCUT2D eigenvalue weighted by atomic mass is 10.1. The Hall–Kier alpha value is -3.15. The monoisotopic (exact) mass is 308 g/mol. The Morgan fingerprint density at radius 2 is 1.96 bits per heavy atom. The smallest absolute Gasteiger partial charge is 0.280 e. The van der Waals surface area contributed by atoms with E-state index in [4.69, 9.17) is 0 Å². The zero-order valence-corrected chi connectivity index (χ0v) is 12.8. The van der Waals surface area contributed by atoms with Crippen molar-refractivity contribution < 1.29 is 9.90 Å². The molecule has 0 saturated carbocycles. The van der Waals surface area contributed by atoms with Crippen molar-refractivity contribution in [3.05, 3.63) is 59.3 Å². The van der Waals surface area contributed by atoms with E-state index in [0.29, 0.717) is 22.5 Å². The van der Waals surface area contributed by atoms with Crippen LogP contribution in [-0.4, -0.2) is 26.9 Å². The van der Waals surface area contributed by atoms with Gasteiger partial charge in [-0.05, 0) is 38.1 Å². The SMILES string of the molecule is CC1=NN(c2ccccc2)C(=O)C1=CC=Cc1c(C)n[nH]c1O. The Morgan fingerprint density at radius 3 is 2.61 bits per heavy atom. The van der Waals surface area contributed by atoms with Gasteiger partial charge in [-0.15, -0.1) is 0 Å². The highest BCUT2D eigenvalue weighted by atomic mass is 16.3. The second kappa shape index (κ2) is 5.92. The fraction of sp³-hybridized carbons (Fsp3) is 0.118. The van der Waals surface area contributed by atoms with Crippen molar-refractivity contribution in [2.75, 3.05) is 5.01 Å². The molecule has 2 aromatic rings. The number of aromatic hydroxyl groups is 1. The summed E-state index contributed by atoms with van der Waals surface area (Å²) in [6.07, 6.45) is 5.10. The summed E-state index contributed by atoms with van der Waals surface area (Å²) in [5.41, 5.74) is 3.18. The van der Waals surface area contributed by atoms with E-state index in [-0.39, 0.29) is 11.8 Å². The Morgan fingerprint density at radius 1 is 1.22 bits per heavy atom. The minimum absolute atomic E-state index is 0.00574. The predicted octanol–water partition coefficient (Wildman–Crippen LogP) is 2.79. The number of anilines is 1. The second-order valence-electron chi connectivity index (χ2n) is 5.15. The average Bonchev–Trinajstić information content (AvgIpc) is 3.02. The molecule has 2 heterocycles. The van der Waals surface area contributed by atoms with Gasteiger partial charge < -0.3 is 5.11 Å². The maximum Gasteiger partial charge on any atom is 0.280 e. The summed E-state index contributed by atoms with van der Waals surface area (Å²) in [6, 6.07) is 9.28. The molecule has 23 heavy (non-hydrogen) atoms. The van der Waals surface area contributed by atoms with Crippen LogP contribution in [0, 0.1) is 6.92 Å². The van der Waals surface area contributed by atoms with Crippen molar-refractivity contribution in [2.45, 2.75) is 13.8 Å². The molecule has 0 aliphatic carbocycles. The van der Waals surface area contributed by atoms with E-state index >= 15 is 0 Å². The Kier molecular flexibility index (Phi) is 3.80. The maximum absolute atomic E-state index is 12.5. The summed E-state index contributed by atoms with van der Waals surface area (Å²) in [5.74, 6) is -0.169. The lowest BCUT2D eigenvalue weighted by molar-refractivity contribution is -0.114. The summed E-state index contributed by atoms with van der Waals surface area (Å²) in [4.78, 5) is 12.5. The van der Waals surface area contributed by atoms with E-state index in [2.05, 4.69) is 15.3 Å². The Labute approximate surface area is 133 Å². The predicted molar refractivity (Wildman–Crippen MR) is 89.1 cm³/mol. The number of allylic oxidation sites excluding steroid dienone is 2. The van der Waals surface area contributed by atoms with Crippen molar-refractivity contribution >= 4 is 23.4 Å². The Balaban J connectivity index is 1.84. The molecular weight excluding hydrogens is 292 g/mol. The molecule has 0 spiro atoms. The number of amides is 1. The molecule has 1 aromatic heterocycles. The molecule has 1 amide bonds. The number of hydrogen-bond donors (Lipinski definition) is 2. The summed E-state index contributed by atoms with van der Waals surface area (Å²) < 4.78 is 0. The van der Waals surface area contributed by atoms with Gasteiger partial charge in [0.15, 0.2) is 0 Å². The van der Waals surface area contributed by atoms with E-state index < -0.39 is 0 Å². The van der Waals surface area contributed by atoms with Gasteiger partial charge >= 0.3 is 0 Å². The van der Waals surface area contributed by atoms with Crippen molar-refractivity contribution in [3.63, 3.8) is 0 Å². The zero-order valence-electron chi connectivity index (χ0n) is 12.8. The third kappa shape index (κ3) is 2.78. The van der Waals surface area contributed by atoms with E-state index in [1.165, 1.54) is 5.01 Å². The first kappa shape index (κ1) is 14.8. The molecule has 6 nitrogen and oxygen atoms in total. The molecule has 0 atom stereocenters. The number of rotatable bonds is 3. The van der Waals surface area contributed by atoms with Gasteiger partial charge in [0.2, 0.25) is 5.88 Å². The van der Waals surface area contributed by atoms with Crippen molar-refractivity contribution in [3.8, 4) is 5.88 Å². The number of hydrogen-bond acceptors (Lipinski definition) is 4. The van der Waals surface area contributed by atoms with Crippen LogP contribution in [0.3, 0.4) is 0 Å². The fourth-order valence-electron chi connectivity index (χ4n) is 2.32. The summed E-state index contributed by atoms with van der Waals surface area (Å²) in [5, 5.41) is 21.7. The average molecular weight is 308 g/mol. The molecule has 6 heteroatoms. The van der Waals surface area contributed by atoms with Crippen LogP contribution < -0.4 is 5.01 Å². The molecule has 116 valence electrons. The van der Waals surface area contributed by atoms with E-state index in [9.17, 15) is 9.90 Å². The van der Waals surface area contributed by atoms with Crippen LogP contribution >= 0.6 is 0 Å². The fourth-order valence-corrected chi connectivity index (χ4v) is 2.32. The topological polar surface area (TPSA) is 81.6 Å². The standard InChI is InChI=1S/C17H16N4O2/c1-11-14(16(22)19-18-11)9-6-10-15-12(2)20-21(17(15)23)13-7-4-3-5-8-13/h3-10H,1-2H3,(H2,18,19,22). The first-order chi connectivity index (χ1) is 11.1. The number of aromatic amines is 1. The van der Waals surface area contributed by atoms with Crippen LogP contribution in [0.15, 0.2) is 53.2 Å². The zero-order chi connectivity index (χ0) is 16.4. The normalized spacial score (nSPS) is 16.6. The van der Waals surface area contributed by atoms with Gasteiger partial charge in [-0.25, -0.2) is 5.10 Å². The number of H-pyrrole nitrogens is 1. The third-order valence-corrected chi connectivity index (χ3v) is 3.56.